The fourth-order valence-electron chi connectivity index (χ4n) is 3.60. The number of hydrogen-bond donors (Lipinski definition) is 1. The van der Waals surface area contributed by atoms with Crippen LogP contribution in [0.1, 0.15) is 64.7 Å². The maximum atomic E-state index is 12.4. The van der Waals surface area contributed by atoms with Crippen LogP contribution in [0.3, 0.4) is 0 Å². The topological polar surface area (TPSA) is 29.1 Å². The maximum Gasteiger partial charge on any atom is 0.226 e. The van der Waals surface area contributed by atoms with Crippen molar-refractivity contribution in [2.45, 2.75) is 70.1 Å². The van der Waals surface area contributed by atoms with Gasteiger partial charge in [0.1, 0.15) is 0 Å². The predicted octanol–water partition coefficient (Wildman–Crippen LogP) is 3.87. The highest BCUT2D eigenvalue weighted by atomic mass is 35.5. The molecular weight excluding hydrogens is 246 g/mol. The van der Waals surface area contributed by atoms with E-state index in [9.17, 15) is 4.79 Å². The Morgan fingerprint density at radius 1 is 1.22 bits per heavy atom. The Bertz CT molecular complexity index is 286. The lowest BCUT2D eigenvalue weighted by atomic mass is 9.82. The van der Waals surface area contributed by atoms with Gasteiger partial charge >= 0.3 is 0 Å². The quantitative estimate of drug-likeness (QED) is 0.773. The van der Waals surface area contributed by atoms with Crippen molar-refractivity contribution in [3.63, 3.8) is 0 Å². The molecule has 0 spiro atoms. The van der Waals surface area contributed by atoms with Gasteiger partial charge in [-0.3, -0.25) is 4.79 Å². The van der Waals surface area contributed by atoms with Gasteiger partial charge in [0, 0.05) is 17.3 Å². The van der Waals surface area contributed by atoms with Crippen LogP contribution in [0.25, 0.3) is 0 Å². The lowest BCUT2D eigenvalue weighted by Crippen LogP contribution is -2.42. The molecule has 0 bridgehead atoms. The Morgan fingerprint density at radius 3 is 2.50 bits per heavy atom. The first-order chi connectivity index (χ1) is 8.68. The van der Waals surface area contributed by atoms with E-state index < -0.39 is 0 Å². The summed E-state index contributed by atoms with van der Waals surface area (Å²) in [5.41, 5.74) is -0.0591. The van der Waals surface area contributed by atoms with E-state index in [0.29, 0.717) is 5.92 Å². The molecule has 2 aliphatic carbocycles. The summed E-state index contributed by atoms with van der Waals surface area (Å²) < 4.78 is 0. The number of rotatable bonds is 4. The van der Waals surface area contributed by atoms with Gasteiger partial charge in [-0.05, 0) is 38.0 Å². The van der Waals surface area contributed by atoms with E-state index in [4.69, 9.17) is 11.6 Å². The van der Waals surface area contributed by atoms with Crippen LogP contribution >= 0.6 is 11.6 Å². The van der Waals surface area contributed by atoms with Gasteiger partial charge in [0.25, 0.3) is 0 Å². The second kappa shape index (κ2) is 6.27. The summed E-state index contributed by atoms with van der Waals surface area (Å²) in [6.07, 6.45) is 10.4. The molecule has 0 aliphatic heterocycles. The highest BCUT2D eigenvalue weighted by Crippen LogP contribution is 2.41. The smallest absolute Gasteiger partial charge is 0.226 e. The molecule has 2 nitrogen and oxygen atoms in total. The summed E-state index contributed by atoms with van der Waals surface area (Å²) in [6.45, 7) is 2.94. The first-order valence-electron chi connectivity index (χ1n) is 7.60. The number of nitrogens with one attached hydrogen (secondary N) is 1. The van der Waals surface area contributed by atoms with Gasteiger partial charge in [-0.1, -0.05) is 32.6 Å². The average Bonchev–Trinajstić information content (AvgIpc) is 2.87. The molecule has 0 saturated heterocycles. The zero-order valence-corrected chi connectivity index (χ0v) is 12.3. The largest absolute Gasteiger partial charge is 0.355 e. The van der Waals surface area contributed by atoms with Crippen LogP contribution in [-0.4, -0.2) is 17.8 Å². The van der Waals surface area contributed by atoms with Gasteiger partial charge in [0.15, 0.2) is 0 Å². The molecule has 0 aromatic heterocycles. The summed E-state index contributed by atoms with van der Waals surface area (Å²) in [6, 6.07) is 0. The Morgan fingerprint density at radius 2 is 1.89 bits per heavy atom. The molecule has 2 aliphatic rings. The monoisotopic (exact) mass is 271 g/mol. The molecular formula is C15H26ClNO. The van der Waals surface area contributed by atoms with E-state index >= 15 is 0 Å². The van der Waals surface area contributed by atoms with Gasteiger partial charge in [-0.15, -0.1) is 11.6 Å². The van der Waals surface area contributed by atoms with E-state index in [1.54, 1.807) is 0 Å². The average molecular weight is 272 g/mol. The van der Waals surface area contributed by atoms with Crippen molar-refractivity contribution in [3.8, 4) is 0 Å². The van der Waals surface area contributed by atoms with Crippen molar-refractivity contribution in [3.05, 3.63) is 0 Å². The predicted molar refractivity (Wildman–Crippen MR) is 75.8 cm³/mol. The Hall–Kier alpha value is -0.240. The molecule has 0 aromatic rings. The lowest BCUT2D eigenvalue weighted by Gasteiger charge is -2.30. The van der Waals surface area contributed by atoms with Crippen molar-refractivity contribution >= 4 is 17.5 Å². The third kappa shape index (κ3) is 3.01. The highest BCUT2D eigenvalue weighted by molar-refractivity contribution is 6.20. The molecule has 2 saturated carbocycles. The second-order valence-corrected chi connectivity index (χ2v) is 6.67. The van der Waals surface area contributed by atoms with Crippen LogP contribution < -0.4 is 5.32 Å². The summed E-state index contributed by atoms with van der Waals surface area (Å²) in [7, 11) is 0. The standard InChI is InChI=1S/C15H26ClNO/c1-2-15(9-5-6-10-15)14(18)17-11-12-7-3-4-8-13(12)16/h12-13H,2-11H2,1H3,(H,17,18). The van der Waals surface area contributed by atoms with Crippen LogP contribution in [-0.2, 0) is 4.79 Å². The number of hydrogen-bond acceptors (Lipinski definition) is 1. The van der Waals surface area contributed by atoms with Crippen LogP contribution in [0, 0.1) is 11.3 Å². The summed E-state index contributed by atoms with van der Waals surface area (Å²) in [4.78, 5) is 12.4. The molecule has 2 atom stereocenters. The van der Waals surface area contributed by atoms with Gasteiger partial charge in [-0.2, -0.15) is 0 Å². The van der Waals surface area contributed by atoms with Gasteiger partial charge in [0.05, 0.1) is 0 Å². The highest BCUT2D eigenvalue weighted by Gasteiger charge is 2.39. The van der Waals surface area contributed by atoms with Crippen LogP contribution in [0.4, 0.5) is 0 Å². The van der Waals surface area contributed by atoms with E-state index in [2.05, 4.69) is 12.2 Å². The number of halogens is 1. The van der Waals surface area contributed by atoms with Gasteiger partial charge in [0.2, 0.25) is 5.91 Å². The van der Waals surface area contributed by atoms with Crippen LogP contribution in [0.15, 0.2) is 0 Å². The Kier molecular flexibility index (Phi) is 4.94. The molecule has 1 N–H and O–H groups in total. The Labute approximate surface area is 116 Å². The molecule has 3 heteroatoms. The second-order valence-electron chi connectivity index (χ2n) is 6.11. The summed E-state index contributed by atoms with van der Waals surface area (Å²) in [5.74, 6) is 0.775. The zero-order valence-electron chi connectivity index (χ0n) is 11.5. The third-order valence-electron chi connectivity index (χ3n) is 5.06. The van der Waals surface area contributed by atoms with Gasteiger partial charge in [-0.25, -0.2) is 0 Å². The van der Waals surface area contributed by atoms with Crippen molar-refractivity contribution in [1.29, 1.82) is 0 Å². The van der Waals surface area contributed by atoms with Crippen molar-refractivity contribution in [2.24, 2.45) is 11.3 Å². The SMILES string of the molecule is CCC1(C(=O)NCC2CCCCC2Cl)CCCC1. The number of carbonyl (C=O) groups is 1. The van der Waals surface area contributed by atoms with Crippen molar-refractivity contribution < 1.29 is 4.79 Å². The molecule has 1 amide bonds. The molecule has 2 fully saturated rings. The van der Waals surface area contributed by atoms with Crippen LogP contribution in [0.2, 0.25) is 0 Å². The van der Waals surface area contributed by atoms with Crippen LogP contribution in [0.5, 0.6) is 0 Å². The fourth-order valence-corrected chi connectivity index (χ4v) is 3.97. The zero-order chi connectivity index (χ0) is 13.0. The minimum absolute atomic E-state index is 0.0591. The summed E-state index contributed by atoms with van der Waals surface area (Å²) in [5, 5.41) is 3.46. The lowest BCUT2D eigenvalue weighted by molar-refractivity contribution is -0.131. The molecule has 2 unspecified atom stereocenters. The minimum atomic E-state index is -0.0591. The molecule has 18 heavy (non-hydrogen) atoms. The fraction of sp³-hybridized carbons (Fsp3) is 0.933. The molecule has 104 valence electrons. The number of alkyl halides is 1. The van der Waals surface area contributed by atoms with Gasteiger partial charge < -0.3 is 5.32 Å². The molecule has 0 radical (unpaired) electrons. The Balaban J connectivity index is 1.83. The summed E-state index contributed by atoms with van der Waals surface area (Å²) >= 11 is 6.34. The minimum Gasteiger partial charge on any atom is -0.355 e. The molecule has 0 heterocycles. The van der Waals surface area contributed by atoms with E-state index in [-0.39, 0.29) is 16.7 Å². The normalized spacial score (nSPS) is 31.2. The van der Waals surface area contributed by atoms with E-state index in [1.807, 2.05) is 0 Å². The van der Waals surface area contributed by atoms with Crippen molar-refractivity contribution in [1.82, 2.24) is 5.32 Å². The number of amides is 1. The maximum absolute atomic E-state index is 12.4. The van der Waals surface area contributed by atoms with E-state index in [1.165, 1.54) is 32.1 Å². The van der Waals surface area contributed by atoms with E-state index in [0.717, 1.165) is 32.2 Å². The van der Waals surface area contributed by atoms with Crippen molar-refractivity contribution in [2.75, 3.05) is 6.54 Å². The number of carbonyl (C=O) groups excluding carboxylic acids is 1. The molecule has 0 aromatic carbocycles. The third-order valence-corrected chi connectivity index (χ3v) is 5.63. The first-order valence-corrected chi connectivity index (χ1v) is 8.04. The molecule has 2 rings (SSSR count). The first kappa shape index (κ1) is 14.2.